The van der Waals surface area contributed by atoms with E-state index in [0.717, 1.165) is 5.56 Å². The van der Waals surface area contributed by atoms with Crippen LogP contribution in [0.3, 0.4) is 0 Å². The minimum atomic E-state index is -4.50. The quantitative estimate of drug-likeness (QED) is 0.0434. The Morgan fingerprint density at radius 3 is 2.16 bits per heavy atom. The van der Waals surface area contributed by atoms with Crippen LogP contribution in [0.15, 0.2) is 48.8 Å². The van der Waals surface area contributed by atoms with E-state index in [4.69, 9.17) is 38.2 Å². The number of nitrogens with zero attached hydrogens (tertiary/aromatic N) is 3. The van der Waals surface area contributed by atoms with E-state index in [1.165, 1.54) is 18.3 Å². The minimum absolute atomic E-state index is 0.00413. The number of pyridine rings is 3. The molecule has 3 heterocycles. The third kappa shape index (κ3) is 15.0. The summed E-state index contributed by atoms with van der Waals surface area (Å²) in [5.41, 5.74) is 1.18. The van der Waals surface area contributed by atoms with Gasteiger partial charge in [-0.2, -0.15) is 0 Å². The van der Waals surface area contributed by atoms with Gasteiger partial charge in [-0.15, -0.1) is 0 Å². The minimum Gasteiger partial charge on any atom is -0.432 e. The van der Waals surface area contributed by atoms with E-state index in [1.807, 2.05) is 13.0 Å². The highest BCUT2D eigenvalue weighted by atomic mass is 31.2. The second-order valence-corrected chi connectivity index (χ2v) is 14.2. The predicted molar refractivity (Wildman–Crippen MR) is 194 cm³/mol. The summed E-state index contributed by atoms with van der Waals surface area (Å²) < 4.78 is 71.5. The van der Waals surface area contributed by atoms with Gasteiger partial charge in [-0.3, -0.25) is 14.3 Å². The molecule has 1 saturated carbocycles. The van der Waals surface area contributed by atoms with Crippen molar-refractivity contribution in [2.24, 2.45) is 11.8 Å². The fourth-order valence-electron chi connectivity index (χ4n) is 5.84. The zero-order valence-electron chi connectivity index (χ0n) is 31.0. The van der Waals surface area contributed by atoms with Crippen LogP contribution in [0.2, 0.25) is 0 Å². The Bertz CT molecular complexity index is 1740. The maximum absolute atomic E-state index is 13.1. The molecule has 0 unspecified atom stereocenters. The van der Waals surface area contributed by atoms with Crippen LogP contribution in [0.4, 0.5) is 25.2 Å². The number of carbonyl (C=O) groups excluding carboxylic acids is 2. The SMILES string of the molecule is Cc1cc(Nc2cc(C(F)F)ccn2)nc(-c2ccc([C@](C)(O)[C@H]3CC[C@H](C(=O)OCOC(=O)OCCOCCOCCOCCOP(=O)(O)O)CC3)nc2)c1. The number of phosphoric acid groups is 1. The van der Waals surface area contributed by atoms with Crippen LogP contribution in [0.25, 0.3) is 11.3 Å². The van der Waals surface area contributed by atoms with Gasteiger partial charge in [0.05, 0.1) is 63.6 Å². The van der Waals surface area contributed by atoms with Crippen LogP contribution in [-0.4, -0.2) is 102 Å². The molecule has 0 amide bonds. The van der Waals surface area contributed by atoms with Crippen molar-refractivity contribution < 1.29 is 70.8 Å². The van der Waals surface area contributed by atoms with Crippen LogP contribution in [0, 0.1) is 18.8 Å². The molecule has 0 spiro atoms. The molecule has 0 aliphatic heterocycles. The summed E-state index contributed by atoms with van der Waals surface area (Å²) in [5, 5.41) is 14.5. The number of aliphatic hydroxyl groups is 1. The van der Waals surface area contributed by atoms with Crippen LogP contribution in [-0.2, 0) is 47.9 Å². The van der Waals surface area contributed by atoms with Crippen molar-refractivity contribution in [2.75, 3.05) is 65.0 Å². The summed E-state index contributed by atoms with van der Waals surface area (Å²) in [6.45, 7) is 3.60. The zero-order chi connectivity index (χ0) is 40.6. The highest BCUT2D eigenvalue weighted by molar-refractivity contribution is 7.46. The van der Waals surface area contributed by atoms with E-state index in [-0.39, 0.29) is 70.2 Å². The van der Waals surface area contributed by atoms with E-state index >= 15 is 0 Å². The molecule has 3 aromatic rings. The Hall–Kier alpha value is -4.20. The van der Waals surface area contributed by atoms with E-state index in [0.29, 0.717) is 48.5 Å². The van der Waals surface area contributed by atoms with E-state index in [1.54, 1.807) is 31.3 Å². The van der Waals surface area contributed by atoms with Crippen LogP contribution in [0.5, 0.6) is 0 Å². The number of aromatic nitrogens is 3. The smallest absolute Gasteiger partial charge is 0.432 e. The summed E-state index contributed by atoms with van der Waals surface area (Å²) >= 11 is 0. The van der Waals surface area contributed by atoms with E-state index in [2.05, 4.69) is 24.8 Å². The van der Waals surface area contributed by atoms with Gasteiger partial charge in [0.25, 0.3) is 6.43 Å². The van der Waals surface area contributed by atoms with E-state index in [9.17, 15) is 28.0 Å². The molecule has 17 nitrogen and oxygen atoms in total. The molecule has 1 fully saturated rings. The molecule has 4 rings (SSSR count). The van der Waals surface area contributed by atoms with Crippen molar-refractivity contribution in [1.82, 2.24) is 15.0 Å². The number of halogens is 2. The average molecular weight is 813 g/mol. The number of nitrogens with one attached hydrogen (secondary N) is 1. The van der Waals surface area contributed by atoms with Crippen molar-refractivity contribution in [3.63, 3.8) is 0 Å². The first-order chi connectivity index (χ1) is 26.7. The van der Waals surface area contributed by atoms with Gasteiger partial charge in [-0.05, 0) is 87.4 Å². The lowest BCUT2D eigenvalue weighted by Gasteiger charge is -2.37. The van der Waals surface area contributed by atoms with Crippen molar-refractivity contribution in [2.45, 2.75) is 51.6 Å². The number of hydrogen-bond acceptors (Lipinski definition) is 15. The Labute approximate surface area is 322 Å². The maximum atomic E-state index is 13.1. The van der Waals surface area contributed by atoms with Gasteiger partial charge < -0.3 is 48.6 Å². The second kappa shape index (κ2) is 21.9. The zero-order valence-corrected chi connectivity index (χ0v) is 31.9. The van der Waals surface area contributed by atoms with Crippen LogP contribution in [0.1, 0.15) is 55.9 Å². The normalized spacial score (nSPS) is 16.9. The number of alkyl halides is 2. The lowest BCUT2D eigenvalue weighted by atomic mass is 9.73. The first-order valence-electron chi connectivity index (χ1n) is 17.8. The second-order valence-electron chi connectivity index (χ2n) is 12.9. The van der Waals surface area contributed by atoms with Crippen molar-refractivity contribution in [3.8, 4) is 11.3 Å². The summed E-state index contributed by atoms with van der Waals surface area (Å²) in [4.78, 5) is 54.8. The Morgan fingerprint density at radius 1 is 0.875 bits per heavy atom. The number of anilines is 2. The number of hydrogen-bond donors (Lipinski definition) is 4. The maximum Gasteiger partial charge on any atom is 0.511 e. The molecule has 1 aliphatic carbocycles. The number of carbonyl (C=O) groups is 2. The molecule has 1 atom stereocenters. The largest absolute Gasteiger partial charge is 0.511 e. The molecule has 3 aromatic heterocycles. The summed E-state index contributed by atoms with van der Waals surface area (Å²) in [5.74, 6) is -0.459. The highest BCUT2D eigenvalue weighted by Gasteiger charge is 2.39. The van der Waals surface area contributed by atoms with Gasteiger partial charge in [-0.25, -0.2) is 28.1 Å². The molecular weight excluding hydrogens is 765 g/mol. The van der Waals surface area contributed by atoms with Gasteiger partial charge in [0, 0.05) is 23.5 Å². The lowest BCUT2D eigenvalue weighted by Crippen LogP contribution is -2.37. The van der Waals surface area contributed by atoms with Crippen molar-refractivity contribution in [3.05, 3.63) is 65.6 Å². The van der Waals surface area contributed by atoms with Crippen LogP contribution < -0.4 is 5.32 Å². The van der Waals surface area contributed by atoms with Gasteiger partial charge in [0.1, 0.15) is 23.8 Å². The van der Waals surface area contributed by atoms with Gasteiger partial charge in [0.15, 0.2) is 0 Å². The average Bonchev–Trinajstić information content (AvgIpc) is 3.16. The molecule has 0 aromatic carbocycles. The number of phosphoric ester groups is 1. The van der Waals surface area contributed by atoms with Crippen LogP contribution >= 0.6 is 7.82 Å². The molecule has 4 N–H and O–H groups in total. The monoisotopic (exact) mass is 812 g/mol. The molecule has 0 saturated heterocycles. The van der Waals surface area contributed by atoms with Crippen molar-refractivity contribution in [1.29, 1.82) is 0 Å². The highest BCUT2D eigenvalue weighted by Crippen LogP contribution is 2.41. The van der Waals surface area contributed by atoms with E-state index < -0.39 is 44.7 Å². The number of rotatable bonds is 22. The fourth-order valence-corrected chi connectivity index (χ4v) is 6.16. The topological polar surface area (TPSA) is 227 Å². The molecule has 1 aliphatic rings. The Balaban J connectivity index is 1.10. The Kier molecular flexibility index (Phi) is 17.4. The Morgan fingerprint density at radius 2 is 1.54 bits per heavy atom. The van der Waals surface area contributed by atoms with Gasteiger partial charge in [0.2, 0.25) is 6.79 Å². The molecule has 0 bridgehead atoms. The van der Waals surface area contributed by atoms with Crippen molar-refractivity contribution >= 4 is 31.6 Å². The first-order valence-corrected chi connectivity index (χ1v) is 19.3. The fraction of sp³-hybridized carbons (Fsp3) is 0.528. The lowest BCUT2D eigenvalue weighted by molar-refractivity contribution is -0.160. The number of aryl methyl sites for hydroxylation is 1. The number of ether oxygens (including phenoxy) is 6. The van der Waals surface area contributed by atoms with Gasteiger partial charge >= 0.3 is 19.9 Å². The summed E-state index contributed by atoms with van der Waals surface area (Å²) in [7, 11) is -4.50. The molecule has 308 valence electrons. The first kappa shape index (κ1) is 44.5. The standard InChI is InChI=1S/C36H47F2N4O13P/c1-24-19-29(41-32(20-24)42-31-21-26(33(37)38)9-10-39-31)27-5-8-30(40-22-27)36(2,45)28-6-3-25(4-7-28)34(43)53-23-54-35(44)52-17-15-50-13-11-49-12-14-51-16-18-55-56(46,47)48/h5,8-10,19-22,25,28,33,45H,3-4,6-7,11-18,23H2,1-2H3,(H,39,41,42)(H2,46,47,48)/t25-,28-,36-/m1/s1. The van der Waals surface area contributed by atoms with Gasteiger partial charge in [-0.1, -0.05) is 0 Å². The third-order valence-electron chi connectivity index (χ3n) is 8.75. The summed E-state index contributed by atoms with van der Waals surface area (Å²) in [6, 6.07) is 9.69. The predicted octanol–water partition coefficient (Wildman–Crippen LogP) is 5.36. The summed E-state index contributed by atoms with van der Waals surface area (Å²) in [6.07, 6.45) is 1.26. The third-order valence-corrected chi connectivity index (χ3v) is 9.27. The number of esters is 1. The molecular formula is C36H47F2N4O13P. The molecule has 0 radical (unpaired) electrons. The molecule has 56 heavy (non-hydrogen) atoms. The molecule has 20 heteroatoms.